The first kappa shape index (κ1) is 35.5. The molecular formula is C36H51F2N3O3. The molecule has 3 heterocycles. The Morgan fingerprint density at radius 1 is 0.977 bits per heavy atom. The highest BCUT2D eigenvalue weighted by Crippen LogP contribution is 2.36. The summed E-state index contributed by atoms with van der Waals surface area (Å²) in [7, 11) is 1.85. The minimum absolute atomic E-state index is 0.213. The number of benzene rings is 1. The van der Waals surface area contributed by atoms with Crippen molar-refractivity contribution in [2.24, 2.45) is 13.0 Å². The quantitative estimate of drug-likeness (QED) is 0.144. The topological polar surface area (TPSA) is 69.4 Å². The van der Waals surface area contributed by atoms with Gasteiger partial charge in [0.05, 0.1) is 17.1 Å². The number of halogens is 2. The number of pyridine rings is 2. The highest BCUT2D eigenvalue weighted by atomic mass is 19.2. The monoisotopic (exact) mass is 611 g/mol. The molecule has 1 fully saturated rings. The van der Waals surface area contributed by atoms with Gasteiger partial charge in [-0.2, -0.15) is 0 Å². The van der Waals surface area contributed by atoms with E-state index in [1.165, 1.54) is 19.3 Å². The number of aromatic nitrogens is 3. The van der Waals surface area contributed by atoms with Crippen LogP contribution in [0.5, 0.6) is 0 Å². The van der Waals surface area contributed by atoms with Gasteiger partial charge in [0, 0.05) is 79.7 Å². The van der Waals surface area contributed by atoms with Gasteiger partial charge in [-0.3, -0.25) is 9.97 Å². The summed E-state index contributed by atoms with van der Waals surface area (Å²) in [6, 6.07) is 7.29. The summed E-state index contributed by atoms with van der Waals surface area (Å²) in [5.74, 6) is -0.843. The minimum atomic E-state index is -0.840. The summed E-state index contributed by atoms with van der Waals surface area (Å²) in [5.41, 5.74) is 3.31. The summed E-state index contributed by atoms with van der Waals surface area (Å²) in [6.45, 7) is 10.7. The Balaban J connectivity index is 0.000000283. The fraction of sp³-hybridized carbons (Fsp3) is 0.556. The summed E-state index contributed by atoms with van der Waals surface area (Å²) in [6.07, 6.45) is 15.2. The van der Waals surface area contributed by atoms with Crippen LogP contribution in [0.2, 0.25) is 0 Å². The highest BCUT2D eigenvalue weighted by molar-refractivity contribution is 6.09. The van der Waals surface area contributed by atoms with Crippen LogP contribution in [-0.2, 0) is 22.9 Å². The number of aliphatic hydroxyl groups excluding tert-OH is 1. The minimum Gasteiger partial charge on any atom is -0.396 e. The van der Waals surface area contributed by atoms with Crippen LogP contribution in [-0.4, -0.2) is 52.2 Å². The molecule has 6 nitrogen and oxygen atoms in total. The lowest BCUT2D eigenvalue weighted by Crippen LogP contribution is -2.12. The normalized spacial score (nSPS) is 13.0. The number of aliphatic hydroxyl groups is 1. The van der Waals surface area contributed by atoms with E-state index < -0.39 is 11.6 Å². The van der Waals surface area contributed by atoms with Gasteiger partial charge in [0.15, 0.2) is 11.6 Å². The van der Waals surface area contributed by atoms with E-state index >= 15 is 0 Å². The van der Waals surface area contributed by atoms with Crippen molar-refractivity contribution in [3.8, 4) is 11.1 Å². The lowest BCUT2D eigenvalue weighted by molar-refractivity contribution is 0.0279. The number of nitrogens with zero attached hydrogens (tertiary/aromatic N) is 3. The van der Waals surface area contributed by atoms with Gasteiger partial charge in [-0.05, 0) is 62.6 Å². The average Bonchev–Trinajstić information content (AvgIpc) is 3.33. The van der Waals surface area contributed by atoms with Gasteiger partial charge in [-0.15, -0.1) is 0 Å². The van der Waals surface area contributed by atoms with E-state index in [1.54, 1.807) is 24.7 Å². The van der Waals surface area contributed by atoms with Gasteiger partial charge >= 0.3 is 0 Å². The molecule has 0 radical (unpaired) electrons. The molecule has 1 aromatic carbocycles. The van der Waals surface area contributed by atoms with Gasteiger partial charge < -0.3 is 19.1 Å². The van der Waals surface area contributed by atoms with Crippen LogP contribution in [0.1, 0.15) is 84.8 Å². The van der Waals surface area contributed by atoms with E-state index in [9.17, 15) is 8.78 Å². The molecule has 0 bridgehead atoms. The van der Waals surface area contributed by atoms with Gasteiger partial charge in [0.2, 0.25) is 0 Å². The third kappa shape index (κ3) is 9.29. The predicted molar refractivity (Wildman–Crippen MR) is 176 cm³/mol. The van der Waals surface area contributed by atoms with Crippen LogP contribution < -0.4 is 0 Å². The summed E-state index contributed by atoms with van der Waals surface area (Å²) >= 11 is 0. The van der Waals surface area contributed by atoms with E-state index in [0.29, 0.717) is 29.2 Å². The van der Waals surface area contributed by atoms with Gasteiger partial charge in [-0.1, -0.05) is 53.0 Å². The standard InChI is InChI=1S/C23H21F2N3.C11H24O3.C2H6/c1-28-19-9-10-26-13-18(19)21-20(28)11-17(22(24)23(21)25)15-6-8-16(27-12-15)7-5-14-3-2-4-14;1-3-11(4-2)14-10-6-9-13-8-5-7-12;1-2/h6,8-14H,2-5,7H2,1H3;11-12H,3-10H2,1-2H3;1-2H3. The van der Waals surface area contributed by atoms with Crippen LogP contribution in [0.4, 0.5) is 8.78 Å². The van der Waals surface area contributed by atoms with Crippen LogP contribution >= 0.6 is 0 Å². The second-order valence-electron chi connectivity index (χ2n) is 11.1. The highest BCUT2D eigenvalue weighted by Gasteiger charge is 2.21. The maximum absolute atomic E-state index is 15.0. The van der Waals surface area contributed by atoms with Crippen LogP contribution in [0.25, 0.3) is 32.9 Å². The molecule has 0 amide bonds. The van der Waals surface area contributed by atoms with Crippen molar-refractivity contribution >= 4 is 21.8 Å². The van der Waals surface area contributed by atoms with E-state index in [4.69, 9.17) is 14.6 Å². The second-order valence-corrected chi connectivity index (χ2v) is 11.1. The molecule has 8 heteroatoms. The smallest absolute Gasteiger partial charge is 0.169 e. The molecule has 242 valence electrons. The van der Waals surface area contributed by atoms with Gasteiger partial charge in [-0.25, -0.2) is 8.78 Å². The van der Waals surface area contributed by atoms with Crippen molar-refractivity contribution in [3.05, 3.63) is 60.2 Å². The number of ether oxygens (including phenoxy) is 2. The number of hydrogen-bond donors (Lipinski definition) is 1. The number of fused-ring (bicyclic) bond motifs is 3. The molecule has 5 rings (SSSR count). The van der Waals surface area contributed by atoms with Gasteiger partial charge in [0.1, 0.15) is 0 Å². The lowest BCUT2D eigenvalue weighted by atomic mass is 9.82. The Hall–Kier alpha value is -2.94. The lowest BCUT2D eigenvalue weighted by Gasteiger charge is -2.24. The molecule has 1 aliphatic rings. The summed E-state index contributed by atoms with van der Waals surface area (Å²) < 4.78 is 42.7. The molecule has 1 saturated carbocycles. The average molecular weight is 612 g/mol. The molecule has 1 N–H and O–H groups in total. The van der Waals surface area contributed by atoms with Crippen molar-refractivity contribution in [2.75, 3.05) is 26.4 Å². The first-order chi connectivity index (χ1) is 21.5. The van der Waals surface area contributed by atoms with Crippen molar-refractivity contribution in [2.45, 2.75) is 91.6 Å². The maximum Gasteiger partial charge on any atom is 0.169 e. The Labute approximate surface area is 261 Å². The Morgan fingerprint density at radius 3 is 2.36 bits per heavy atom. The molecule has 44 heavy (non-hydrogen) atoms. The van der Waals surface area contributed by atoms with Crippen molar-refractivity contribution < 1.29 is 23.4 Å². The van der Waals surface area contributed by atoms with Crippen molar-refractivity contribution in [1.29, 1.82) is 0 Å². The Bertz CT molecular complexity index is 1400. The van der Waals surface area contributed by atoms with Crippen molar-refractivity contribution in [3.63, 3.8) is 0 Å². The summed E-state index contributed by atoms with van der Waals surface area (Å²) in [5, 5.41) is 9.39. The molecule has 0 unspecified atom stereocenters. The Kier molecular flexibility index (Phi) is 15.2. The molecule has 3 aromatic heterocycles. The van der Waals surface area contributed by atoms with Crippen molar-refractivity contribution in [1.82, 2.24) is 14.5 Å². The fourth-order valence-electron chi connectivity index (χ4n) is 5.41. The second kappa shape index (κ2) is 18.8. The van der Waals surface area contributed by atoms with Gasteiger partial charge in [0.25, 0.3) is 0 Å². The Morgan fingerprint density at radius 2 is 1.73 bits per heavy atom. The molecule has 4 aromatic rings. The third-order valence-electron chi connectivity index (χ3n) is 8.29. The SMILES string of the molecule is CC.CCC(CC)OCCCOCCCO.Cn1c2ccncc2c2c(F)c(F)c(-c3ccc(CCC4CCC4)nc3)cc21. The fourth-order valence-corrected chi connectivity index (χ4v) is 5.41. The molecule has 0 saturated heterocycles. The van der Waals surface area contributed by atoms with E-state index in [1.807, 2.05) is 43.7 Å². The zero-order valence-electron chi connectivity index (χ0n) is 27.2. The first-order valence-corrected chi connectivity index (χ1v) is 16.4. The predicted octanol–water partition coefficient (Wildman–Crippen LogP) is 8.81. The molecule has 1 aliphatic carbocycles. The molecule has 0 atom stereocenters. The summed E-state index contributed by atoms with van der Waals surface area (Å²) in [4.78, 5) is 8.56. The first-order valence-electron chi connectivity index (χ1n) is 16.4. The zero-order chi connectivity index (χ0) is 31.9. The van der Waals surface area contributed by atoms with Crippen LogP contribution in [0.3, 0.4) is 0 Å². The number of hydrogen-bond acceptors (Lipinski definition) is 5. The molecular weight excluding hydrogens is 560 g/mol. The molecule has 0 spiro atoms. The molecule has 0 aliphatic heterocycles. The van der Waals surface area contributed by atoms with E-state index in [2.05, 4.69) is 23.8 Å². The maximum atomic E-state index is 15.0. The number of aryl methyl sites for hydroxylation is 2. The largest absolute Gasteiger partial charge is 0.396 e. The number of rotatable bonds is 14. The third-order valence-corrected chi connectivity index (χ3v) is 8.29. The van der Waals surface area contributed by atoms with Crippen LogP contribution in [0, 0.1) is 17.6 Å². The zero-order valence-corrected chi connectivity index (χ0v) is 27.2. The van der Waals surface area contributed by atoms with E-state index in [-0.39, 0.29) is 17.6 Å². The van der Waals surface area contributed by atoms with E-state index in [0.717, 1.165) is 68.9 Å². The van der Waals surface area contributed by atoms with Crippen LogP contribution in [0.15, 0.2) is 42.9 Å².